The Labute approximate surface area is 108 Å². The third-order valence-corrected chi connectivity index (χ3v) is 2.78. The van der Waals surface area contributed by atoms with Crippen LogP contribution in [-0.4, -0.2) is 24.7 Å². The topological polar surface area (TPSA) is 58.6 Å². The van der Waals surface area contributed by atoms with Gasteiger partial charge in [0.05, 0.1) is 12.8 Å². The van der Waals surface area contributed by atoms with Crippen molar-refractivity contribution in [2.24, 2.45) is 0 Å². The maximum Gasteiger partial charge on any atom is 0.303 e. The van der Waals surface area contributed by atoms with Crippen molar-refractivity contribution in [3.63, 3.8) is 0 Å². The Morgan fingerprint density at radius 1 is 1.44 bits per heavy atom. The third-order valence-electron chi connectivity index (χ3n) is 2.78. The molecular formula is C14H21NO3. The van der Waals surface area contributed by atoms with Gasteiger partial charge in [-0.15, -0.1) is 0 Å². The number of carbonyl (C=O) groups is 1. The monoisotopic (exact) mass is 251 g/mol. The smallest absolute Gasteiger partial charge is 0.303 e. The summed E-state index contributed by atoms with van der Waals surface area (Å²) in [5, 5.41) is 11.8. The molecule has 4 nitrogen and oxygen atoms in total. The van der Waals surface area contributed by atoms with Crippen LogP contribution < -0.4 is 10.1 Å². The largest absolute Gasteiger partial charge is 0.495 e. The maximum atomic E-state index is 10.4. The predicted octanol–water partition coefficient (Wildman–Crippen LogP) is 3.10. The molecule has 0 unspecified atom stereocenters. The molecule has 0 saturated carbocycles. The van der Waals surface area contributed by atoms with Gasteiger partial charge in [0.2, 0.25) is 0 Å². The second kappa shape index (κ2) is 6.89. The summed E-state index contributed by atoms with van der Waals surface area (Å²) in [7, 11) is 1.64. The molecule has 0 bridgehead atoms. The lowest BCUT2D eigenvalue weighted by molar-refractivity contribution is -0.137. The van der Waals surface area contributed by atoms with E-state index in [4.69, 9.17) is 9.84 Å². The van der Waals surface area contributed by atoms with Crippen LogP contribution in [0.15, 0.2) is 18.2 Å². The van der Waals surface area contributed by atoms with Crippen LogP contribution >= 0.6 is 0 Å². The first-order valence-electron chi connectivity index (χ1n) is 6.18. The van der Waals surface area contributed by atoms with Gasteiger partial charge in [0, 0.05) is 13.0 Å². The van der Waals surface area contributed by atoms with E-state index in [0.29, 0.717) is 18.9 Å². The molecule has 1 rings (SSSR count). The molecule has 0 aliphatic rings. The van der Waals surface area contributed by atoms with Crippen molar-refractivity contribution < 1.29 is 14.6 Å². The average molecular weight is 251 g/mol. The molecule has 0 heterocycles. The zero-order valence-corrected chi connectivity index (χ0v) is 11.2. The fraction of sp³-hybridized carbons (Fsp3) is 0.500. The van der Waals surface area contributed by atoms with Gasteiger partial charge in [0.25, 0.3) is 0 Å². The number of carboxylic acids is 1. The highest BCUT2D eigenvalue weighted by Crippen LogP contribution is 2.28. The summed E-state index contributed by atoms with van der Waals surface area (Å²) >= 11 is 0. The summed E-state index contributed by atoms with van der Waals surface area (Å²) in [5.74, 6) is 0.496. The molecule has 0 aliphatic carbocycles. The zero-order chi connectivity index (χ0) is 13.5. The Kier molecular flexibility index (Phi) is 5.49. The summed E-state index contributed by atoms with van der Waals surface area (Å²) in [6.07, 6.45) is 0.782. The van der Waals surface area contributed by atoms with Crippen LogP contribution in [0.3, 0.4) is 0 Å². The molecule has 0 fully saturated rings. The lowest BCUT2D eigenvalue weighted by atomic mass is 10.0. The Morgan fingerprint density at radius 3 is 2.72 bits per heavy atom. The number of anilines is 1. The van der Waals surface area contributed by atoms with Gasteiger partial charge < -0.3 is 15.2 Å². The van der Waals surface area contributed by atoms with Crippen molar-refractivity contribution >= 4 is 11.7 Å². The van der Waals surface area contributed by atoms with Crippen molar-refractivity contribution in [1.82, 2.24) is 0 Å². The third kappa shape index (κ3) is 4.28. The molecule has 0 radical (unpaired) electrons. The number of rotatable bonds is 7. The standard InChI is InChI=1S/C14H21NO3/c1-10(2)11-6-7-12(13(9-11)18-3)15-8-4-5-14(16)17/h6-7,9-10,15H,4-5,8H2,1-3H3,(H,16,17). The molecule has 0 amide bonds. The molecule has 0 atom stereocenters. The number of aliphatic carboxylic acids is 1. The van der Waals surface area contributed by atoms with E-state index in [9.17, 15) is 4.79 Å². The molecule has 100 valence electrons. The number of hydrogen-bond acceptors (Lipinski definition) is 3. The van der Waals surface area contributed by atoms with Crippen LogP contribution in [0.25, 0.3) is 0 Å². The normalized spacial score (nSPS) is 10.4. The number of carboxylic acid groups (broad SMARTS) is 1. The molecule has 0 spiro atoms. The first-order chi connectivity index (χ1) is 8.54. The van der Waals surface area contributed by atoms with Gasteiger partial charge in [-0.05, 0) is 30.0 Å². The first kappa shape index (κ1) is 14.4. The molecular weight excluding hydrogens is 230 g/mol. The highest BCUT2D eigenvalue weighted by atomic mass is 16.5. The molecule has 0 aromatic heterocycles. The summed E-state index contributed by atoms with van der Waals surface area (Å²) in [6, 6.07) is 6.06. The van der Waals surface area contributed by atoms with E-state index < -0.39 is 5.97 Å². The summed E-state index contributed by atoms with van der Waals surface area (Å²) in [4.78, 5) is 10.4. The summed E-state index contributed by atoms with van der Waals surface area (Å²) in [6.45, 7) is 4.90. The minimum Gasteiger partial charge on any atom is -0.495 e. The van der Waals surface area contributed by atoms with Crippen molar-refractivity contribution in [3.05, 3.63) is 23.8 Å². The number of benzene rings is 1. The van der Waals surface area contributed by atoms with E-state index in [1.54, 1.807) is 7.11 Å². The van der Waals surface area contributed by atoms with E-state index >= 15 is 0 Å². The number of ether oxygens (including phenoxy) is 1. The summed E-state index contributed by atoms with van der Waals surface area (Å²) < 4.78 is 5.34. The van der Waals surface area contributed by atoms with Crippen molar-refractivity contribution in [2.75, 3.05) is 19.0 Å². The maximum absolute atomic E-state index is 10.4. The second-order valence-electron chi connectivity index (χ2n) is 4.54. The second-order valence-corrected chi connectivity index (χ2v) is 4.54. The lowest BCUT2D eigenvalue weighted by Gasteiger charge is -2.14. The SMILES string of the molecule is COc1cc(C(C)C)ccc1NCCCC(=O)O. The van der Waals surface area contributed by atoms with E-state index in [-0.39, 0.29) is 6.42 Å². The van der Waals surface area contributed by atoms with Crippen LogP contribution in [0, 0.1) is 0 Å². The van der Waals surface area contributed by atoms with E-state index in [1.165, 1.54) is 5.56 Å². The van der Waals surface area contributed by atoms with E-state index in [0.717, 1.165) is 11.4 Å². The van der Waals surface area contributed by atoms with Gasteiger partial charge in [-0.3, -0.25) is 4.79 Å². The van der Waals surface area contributed by atoms with E-state index in [1.807, 2.05) is 12.1 Å². The van der Waals surface area contributed by atoms with Crippen LogP contribution in [0.4, 0.5) is 5.69 Å². The van der Waals surface area contributed by atoms with Crippen LogP contribution in [0.1, 0.15) is 38.2 Å². The van der Waals surface area contributed by atoms with Gasteiger partial charge >= 0.3 is 5.97 Å². The van der Waals surface area contributed by atoms with Gasteiger partial charge in [-0.1, -0.05) is 19.9 Å². The Balaban J connectivity index is 2.62. The molecule has 2 N–H and O–H groups in total. The van der Waals surface area contributed by atoms with Crippen LogP contribution in [0.2, 0.25) is 0 Å². The predicted molar refractivity (Wildman–Crippen MR) is 72.4 cm³/mol. The zero-order valence-electron chi connectivity index (χ0n) is 11.2. The quantitative estimate of drug-likeness (QED) is 0.731. The number of hydrogen-bond donors (Lipinski definition) is 2. The fourth-order valence-corrected chi connectivity index (χ4v) is 1.68. The Morgan fingerprint density at radius 2 is 2.17 bits per heavy atom. The lowest BCUT2D eigenvalue weighted by Crippen LogP contribution is -2.06. The van der Waals surface area contributed by atoms with Crippen LogP contribution in [-0.2, 0) is 4.79 Å². The Bertz CT molecular complexity index is 402. The Hall–Kier alpha value is -1.71. The minimum atomic E-state index is -0.765. The van der Waals surface area contributed by atoms with Crippen LogP contribution in [0.5, 0.6) is 5.75 Å². The van der Waals surface area contributed by atoms with Gasteiger partial charge in [-0.25, -0.2) is 0 Å². The van der Waals surface area contributed by atoms with Crippen molar-refractivity contribution in [1.29, 1.82) is 0 Å². The average Bonchev–Trinajstić information content (AvgIpc) is 2.34. The number of nitrogens with one attached hydrogen (secondary N) is 1. The van der Waals surface area contributed by atoms with Crippen molar-refractivity contribution in [3.8, 4) is 5.75 Å². The highest BCUT2D eigenvalue weighted by molar-refractivity contribution is 5.66. The molecule has 1 aromatic rings. The van der Waals surface area contributed by atoms with Gasteiger partial charge in [-0.2, -0.15) is 0 Å². The summed E-state index contributed by atoms with van der Waals surface area (Å²) in [5.41, 5.74) is 2.13. The van der Waals surface area contributed by atoms with Crippen molar-refractivity contribution in [2.45, 2.75) is 32.6 Å². The molecule has 4 heteroatoms. The van der Waals surface area contributed by atoms with Gasteiger partial charge in [0.15, 0.2) is 0 Å². The first-order valence-corrected chi connectivity index (χ1v) is 6.18. The molecule has 0 saturated heterocycles. The minimum absolute atomic E-state index is 0.180. The molecule has 0 aliphatic heterocycles. The number of methoxy groups -OCH3 is 1. The van der Waals surface area contributed by atoms with Gasteiger partial charge in [0.1, 0.15) is 5.75 Å². The molecule has 18 heavy (non-hydrogen) atoms. The molecule has 1 aromatic carbocycles. The highest BCUT2D eigenvalue weighted by Gasteiger charge is 2.06. The fourth-order valence-electron chi connectivity index (χ4n) is 1.68. The van der Waals surface area contributed by atoms with E-state index in [2.05, 4.69) is 25.2 Å².